The second-order valence-electron chi connectivity index (χ2n) is 7.01. The minimum atomic E-state index is -0.354. The quantitative estimate of drug-likeness (QED) is 0.681. The van der Waals surface area contributed by atoms with E-state index in [4.69, 9.17) is 10.5 Å². The summed E-state index contributed by atoms with van der Waals surface area (Å²) in [5, 5.41) is 9.77. The molecule has 0 aliphatic carbocycles. The fraction of sp³-hybridized carbons (Fsp3) is 0.875. The van der Waals surface area contributed by atoms with Crippen molar-refractivity contribution in [2.45, 2.75) is 25.7 Å². The van der Waals surface area contributed by atoms with Gasteiger partial charge in [-0.3, -0.25) is 14.5 Å². The Bertz CT molecular complexity index is 424. The molecule has 2 fully saturated rings. The van der Waals surface area contributed by atoms with Gasteiger partial charge in [-0.25, -0.2) is 0 Å². The number of primary amides is 1. The van der Waals surface area contributed by atoms with Crippen molar-refractivity contribution < 1.29 is 19.4 Å². The molecule has 7 heteroatoms. The minimum Gasteiger partial charge on any atom is -0.396 e. The van der Waals surface area contributed by atoms with Crippen LogP contribution in [-0.4, -0.2) is 79.8 Å². The van der Waals surface area contributed by atoms with E-state index in [2.05, 4.69) is 0 Å². The van der Waals surface area contributed by atoms with Gasteiger partial charge in [0.2, 0.25) is 11.8 Å². The molecule has 0 bridgehead atoms. The van der Waals surface area contributed by atoms with Gasteiger partial charge in [0.25, 0.3) is 0 Å². The first kappa shape index (κ1) is 18.2. The van der Waals surface area contributed by atoms with E-state index in [0.717, 1.165) is 32.2 Å². The van der Waals surface area contributed by atoms with Crippen molar-refractivity contribution in [3.63, 3.8) is 0 Å². The van der Waals surface area contributed by atoms with Crippen molar-refractivity contribution in [1.82, 2.24) is 9.80 Å². The molecule has 0 saturated carbocycles. The first-order valence-corrected chi connectivity index (χ1v) is 8.40. The number of piperidine rings is 1. The third-order valence-corrected chi connectivity index (χ3v) is 5.07. The highest BCUT2D eigenvalue weighted by molar-refractivity contribution is 5.79. The van der Waals surface area contributed by atoms with Gasteiger partial charge < -0.3 is 20.5 Å². The number of rotatable bonds is 6. The predicted octanol–water partition coefficient (Wildman–Crippen LogP) is -0.569. The zero-order chi connectivity index (χ0) is 16.9. The molecule has 0 aromatic rings. The number of aliphatic hydroxyl groups is 1. The van der Waals surface area contributed by atoms with Crippen molar-refractivity contribution in [2.75, 3.05) is 53.0 Å². The highest BCUT2D eigenvalue weighted by atomic mass is 16.5. The maximum Gasteiger partial charge on any atom is 0.231 e. The van der Waals surface area contributed by atoms with Gasteiger partial charge in [-0.15, -0.1) is 0 Å². The van der Waals surface area contributed by atoms with E-state index in [0.29, 0.717) is 26.3 Å². The van der Waals surface area contributed by atoms with Crippen molar-refractivity contribution in [3.8, 4) is 0 Å². The van der Waals surface area contributed by atoms with E-state index < -0.39 is 0 Å². The van der Waals surface area contributed by atoms with Crippen LogP contribution < -0.4 is 5.73 Å². The molecule has 1 unspecified atom stereocenters. The Labute approximate surface area is 137 Å². The van der Waals surface area contributed by atoms with Crippen LogP contribution in [0.15, 0.2) is 0 Å². The molecule has 7 nitrogen and oxygen atoms in total. The molecule has 0 spiro atoms. The number of nitrogens with two attached hydrogens (primary N) is 1. The van der Waals surface area contributed by atoms with E-state index in [1.165, 1.54) is 0 Å². The average molecular weight is 327 g/mol. The Hall–Kier alpha value is -1.18. The maximum atomic E-state index is 12.7. The van der Waals surface area contributed by atoms with Gasteiger partial charge in [-0.1, -0.05) is 0 Å². The number of aliphatic hydroxyl groups excluding tert-OH is 1. The van der Waals surface area contributed by atoms with Crippen molar-refractivity contribution in [2.24, 2.45) is 17.1 Å². The summed E-state index contributed by atoms with van der Waals surface area (Å²) in [4.78, 5) is 27.5. The summed E-state index contributed by atoms with van der Waals surface area (Å²) >= 11 is 0. The lowest BCUT2D eigenvalue weighted by Gasteiger charge is -2.40. The number of hydrogen-bond donors (Lipinski definition) is 2. The van der Waals surface area contributed by atoms with Gasteiger partial charge in [0.15, 0.2) is 0 Å². The molecule has 132 valence electrons. The highest BCUT2D eigenvalue weighted by Gasteiger charge is 2.36. The topological polar surface area (TPSA) is 96.1 Å². The number of amides is 2. The fourth-order valence-electron chi connectivity index (χ4n) is 3.68. The molecule has 0 aromatic carbocycles. The van der Waals surface area contributed by atoms with Gasteiger partial charge in [0.05, 0.1) is 19.1 Å². The van der Waals surface area contributed by atoms with E-state index in [9.17, 15) is 14.7 Å². The van der Waals surface area contributed by atoms with Crippen LogP contribution >= 0.6 is 0 Å². The number of likely N-dealkylation sites (tertiary alicyclic amines) is 1. The van der Waals surface area contributed by atoms with Crippen LogP contribution in [0.3, 0.4) is 0 Å². The molecule has 2 aliphatic heterocycles. The van der Waals surface area contributed by atoms with Crippen LogP contribution in [0.4, 0.5) is 0 Å². The van der Waals surface area contributed by atoms with Crippen molar-refractivity contribution >= 4 is 11.8 Å². The monoisotopic (exact) mass is 327 g/mol. The van der Waals surface area contributed by atoms with Crippen LogP contribution in [0.5, 0.6) is 0 Å². The lowest BCUT2D eigenvalue weighted by molar-refractivity contribution is -0.140. The standard InChI is InChI=1S/C16H29N3O4/c1-18(11-16(12-20)4-7-23-8-5-16)15(22)13-3-2-6-19(9-13)10-14(17)21/h13,20H,2-12H2,1H3,(H2,17,21). The Morgan fingerprint density at radius 3 is 2.70 bits per heavy atom. The third kappa shape index (κ3) is 4.89. The molecule has 23 heavy (non-hydrogen) atoms. The molecule has 2 aliphatic rings. The second kappa shape index (κ2) is 8.08. The lowest BCUT2D eigenvalue weighted by atomic mass is 9.80. The smallest absolute Gasteiger partial charge is 0.231 e. The normalized spacial score (nSPS) is 25.0. The average Bonchev–Trinajstić information content (AvgIpc) is 2.54. The van der Waals surface area contributed by atoms with Gasteiger partial charge in [0, 0.05) is 38.8 Å². The SMILES string of the molecule is CN(CC1(CO)CCOCC1)C(=O)C1CCCN(CC(N)=O)C1. The second-order valence-corrected chi connectivity index (χ2v) is 7.01. The summed E-state index contributed by atoms with van der Waals surface area (Å²) in [6.45, 7) is 3.52. The molecule has 2 saturated heterocycles. The number of nitrogens with zero attached hydrogens (tertiary/aromatic N) is 2. The molecule has 0 radical (unpaired) electrons. The number of carbonyl (C=O) groups excluding carboxylic acids is 2. The maximum absolute atomic E-state index is 12.7. The third-order valence-electron chi connectivity index (χ3n) is 5.07. The summed E-state index contributed by atoms with van der Waals surface area (Å²) in [5.41, 5.74) is 5.00. The highest BCUT2D eigenvalue weighted by Crippen LogP contribution is 2.31. The van der Waals surface area contributed by atoms with Gasteiger partial charge in [0.1, 0.15) is 0 Å². The van der Waals surface area contributed by atoms with Crippen molar-refractivity contribution in [1.29, 1.82) is 0 Å². The molecule has 1 atom stereocenters. The van der Waals surface area contributed by atoms with E-state index >= 15 is 0 Å². The van der Waals surface area contributed by atoms with Crippen molar-refractivity contribution in [3.05, 3.63) is 0 Å². The summed E-state index contributed by atoms with van der Waals surface area (Å²) in [7, 11) is 1.81. The first-order chi connectivity index (χ1) is 11.0. The molecule has 2 amide bonds. The molecule has 2 heterocycles. The van der Waals surface area contributed by atoms with Gasteiger partial charge in [-0.2, -0.15) is 0 Å². The summed E-state index contributed by atoms with van der Waals surface area (Å²) in [6.07, 6.45) is 3.29. The molecule has 0 aromatic heterocycles. The fourth-order valence-corrected chi connectivity index (χ4v) is 3.68. The summed E-state index contributed by atoms with van der Waals surface area (Å²) < 4.78 is 5.37. The summed E-state index contributed by atoms with van der Waals surface area (Å²) in [5.74, 6) is -0.352. The van der Waals surface area contributed by atoms with E-state index in [-0.39, 0.29) is 36.3 Å². The van der Waals surface area contributed by atoms with Crippen LogP contribution in [0, 0.1) is 11.3 Å². The largest absolute Gasteiger partial charge is 0.396 e. The first-order valence-electron chi connectivity index (χ1n) is 8.40. The van der Waals surface area contributed by atoms with Crippen LogP contribution in [0.25, 0.3) is 0 Å². The number of hydrogen-bond acceptors (Lipinski definition) is 5. The predicted molar refractivity (Wildman–Crippen MR) is 85.6 cm³/mol. The van der Waals surface area contributed by atoms with E-state index in [1.807, 2.05) is 11.9 Å². The Morgan fingerprint density at radius 1 is 1.39 bits per heavy atom. The Kier molecular flexibility index (Phi) is 6.38. The Balaban J connectivity index is 1.91. The van der Waals surface area contributed by atoms with Crippen LogP contribution in [-0.2, 0) is 14.3 Å². The molecule has 3 N–H and O–H groups in total. The van der Waals surface area contributed by atoms with Gasteiger partial charge in [-0.05, 0) is 32.2 Å². The van der Waals surface area contributed by atoms with Crippen LogP contribution in [0.2, 0.25) is 0 Å². The molecule has 2 rings (SSSR count). The number of carbonyl (C=O) groups is 2. The molecular weight excluding hydrogens is 298 g/mol. The Morgan fingerprint density at radius 2 is 2.09 bits per heavy atom. The zero-order valence-electron chi connectivity index (χ0n) is 14.0. The zero-order valence-corrected chi connectivity index (χ0v) is 14.0. The van der Waals surface area contributed by atoms with E-state index in [1.54, 1.807) is 4.90 Å². The van der Waals surface area contributed by atoms with Crippen LogP contribution in [0.1, 0.15) is 25.7 Å². The minimum absolute atomic E-state index is 0.0758. The number of ether oxygens (including phenoxy) is 1. The summed E-state index contributed by atoms with van der Waals surface area (Å²) in [6, 6.07) is 0. The van der Waals surface area contributed by atoms with Gasteiger partial charge >= 0.3 is 0 Å². The molecular formula is C16H29N3O4. The lowest BCUT2D eigenvalue weighted by Crippen LogP contribution is -2.49.